The highest BCUT2D eigenvalue weighted by Gasteiger charge is 2.23. The molecule has 98 valence electrons. The molecule has 1 heterocycles. The molecule has 1 aliphatic rings. The maximum Gasteiger partial charge on any atom is 0.170 e. The fraction of sp³-hybridized carbons (Fsp3) is 0.429. The Hall–Kier alpha value is -1.39. The van der Waals surface area contributed by atoms with Crippen LogP contribution in [0.4, 0.5) is 4.39 Å². The van der Waals surface area contributed by atoms with Crippen LogP contribution in [0.3, 0.4) is 0 Å². The van der Waals surface area contributed by atoms with Gasteiger partial charge in [0, 0.05) is 31.7 Å². The average Bonchev–Trinajstić information content (AvgIpc) is 2.43. The van der Waals surface area contributed by atoms with Crippen LogP contribution in [-0.2, 0) is 0 Å². The third-order valence-electron chi connectivity index (χ3n) is 3.30. The zero-order valence-electron chi connectivity index (χ0n) is 10.7. The molecular formula is C14H19FN2O. The zero-order chi connectivity index (χ0) is 13.0. The van der Waals surface area contributed by atoms with Gasteiger partial charge in [-0.05, 0) is 6.07 Å². The fourth-order valence-corrected chi connectivity index (χ4v) is 2.35. The molecule has 0 saturated carbocycles. The molecule has 1 aromatic rings. The van der Waals surface area contributed by atoms with Gasteiger partial charge >= 0.3 is 0 Å². The minimum atomic E-state index is -0.288. The van der Waals surface area contributed by atoms with Crippen molar-refractivity contribution in [1.29, 1.82) is 0 Å². The Bertz CT molecular complexity index is 416. The zero-order valence-corrected chi connectivity index (χ0v) is 10.7. The van der Waals surface area contributed by atoms with E-state index in [0.717, 1.165) is 26.2 Å². The molecule has 0 bridgehead atoms. The van der Waals surface area contributed by atoms with E-state index in [1.165, 1.54) is 7.11 Å². The molecule has 1 N–H and O–H groups in total. The van der Waals surface area contributed by atoms with Gasteiger partial charge in [0.05, 0.1) is 13.2 Å². The van der Waals surface area contributed by atoms with Gasteiger partial charge in [0.15, 0.2) is 11.6 Å². The van der Waals surface area contributed by atoms with Crippen LogP contribution in [0.25, 0.3) is 0 Å². The Morgan fingerprint density at radius 2 is 2.17 bits per heavy atom. The van der Waals surface area contributed by atoms with Gasteiger partial charge in [0.25, 0.3) is 0 Å². The number of piperazine rings is 1. The first kappa shape index (κ1) is 13.1. The summed E-state index contributed by atoms with van der Waals surface area (Å²) in [5.41, 5.74) is 0.631. The lowest BCUT2D eigenvalue weighted by molar-refractivity contribution is 0.199. The van der Waals surface area contributed by atoms with Crippen molar-refractivity contribution in [2.24, 2.45) is 0 Å². The number of nitrogens with one attached hydrogen (secondary N) is 1. The smallest absolute Gasteiger partial charge is 0.170 e. The first-order valence-electron chi connectivity index (χ1n) is 6.17. The van der Waals surface area contributed by atoms with Gasteiger partial charge in [-0.1, -0.05) is 18.2 Å². The van der Waals surface area contributed by atoms with E-state index in [-0.39, 0.29) is 17.6 Å². The average molecular weight is 250 g/mol. The number of halogens is 1. The number of rotatable bonds is 4. The molecule has 18 heavy (non-hydrogen) atoms. The molecule has 1 fully saturated rings. The number of ether oxygens (including phenoxy) is 1. The van der Waals surface area contributed by atoms with Crippen molar-refractivity contribution < 1.29 is 9.13 Å². The quantitative estimate of drug-likeness (QED) is 0.827. The lowest BCUT2D eigenvalue weighted by Crippen LogP contribution is -2.44. The Morgan fingerprint density at radius 1 is 1.44 bits per heavy atom. The third kappa shape index (κ3) is 2.54. The normalized spacial score (nSPS) is 18.3. The van der Waals surface area contributed by atoms with Gasteiger partial charge in [-0.3, -0.25) is 4.90 Å². The molecular weight excluding hydrogens is 231 g/mol. The summed E-state index contributed by atoms with van der Waals surface area (Å²) in [6.07, 6.45) is 1.79. The van der Waals surface area contributed by atoms with E-state index in [1.54, 1.807) is 18.2 Å². The molecule has 2 rings (SSSR count). The number of hydrogen-bond donors (Lipinski definition) is 1. The molecule has 4 heteroatoms. The van der Waals surface area contributed by atoms with E-state index >= 15 is 0 Å². The van der Waals surface area contributed by atoms with E-state index in [2.05, 4.69) is 16.8 Å². The molecule has 0 spiro atoms. The predicted molar refractivity (Wildman–Crippen MR) is 70.3 cm³/mol. The molecule has 0 amide bonds. The molecule has 1 atom stereocenters. The van der Waals surface area contributed by atoms with Crippen molar-refractivity contribution in [3.63, 3.8) is 0 Å². The van der Waals surface area contributed by atoms with Crippen LogP contribution in [0.2, 0.25) is 0 Å². The minimum absolute atomic E-state index is 0.0952. The van der Waals surface area contributed by atoms with Crippen LogP contribution in [0.15, 0.2) is 30.9 Å². The van der Waals surface area contributed by atoms with E-state index in [0.29, 0.717) is 5.56 Å². The van der Waals surface area contributed by atoms with Crippen molar-refractivity contribution in [3.05, 3.63) is 42.2 Å². The summed E-state index contributed by atoms with van der Waals surface area (Å²) in [7, 11) is 1.48. The van der Waals surface area contributed by atoms with Crippen molar-refractivity contribution in [3.8, 4) is 5.75 Å². The second-order valence-electron chi connectivity index (χ2n) is 4.33. The molecule has 0 unspecified atom stereocenters. The summed E-state index contributed by atoms with van der Waals surface area (Å²) in [6.45, 7) is 7.49. The number of hydrogen-bond acceptors (Lipinski definition) is 3. The summed E-state index contributed by atoms with van der Waals surface area (Å²) < 4.78 is 19.3. The molecule has 0 radical (unpaired) electrons. The first-order chi connectivity index (χ1) is 8.77. The lowest BCUT2D eigenvalue weighted by atomic mass is 10.0. The second-order valence-corrected chi connectivity index (χ2v) is 4.33. The maximum atomic E-state index is 14.2. The summed E-state index contributed by atoms with van der Waals surface area (Å²) in [4.78, 5) is 2.22. The van der Waals surface area contributed by atoms with Gasteiger partial charge in [0.2, 0.25) is 0 Å². The number of nitrogens with zero attached hydrogens (tertiary/aromatic N) is 1. The third-order valence-corrected chi connectivity index (χ3v) is 3.30. The highest BCUT2D eigenvalue weighted by atomic mass is 19.1. The van der Waals surface area contributed by atoms with Crippen LogP contribution in [-0.4, -0.2) is 38.2 Å². The number of benzene rings is 1. The fourth-order valence-electron chi connectivity index (χ4n) is 2.35. The van der Waals surface area contributed by atoms with E-state index in [1.807, 2.05) is 6.07 Å². The van der Waals surface area contributed by atoms with Crippen LogP contribution < -0.4 is 10.1 Å². The monoisotopic (exact) mass is 250 g/mol. The van der Waals surface area contributed by atoms with Crippen molar-refractivity contribution in [2.45, 2.75) is 6.04 Å². The first-order valence-corrected chi connectivity index (χ1v) is 6.17. The standard InChI is InChI=1S/C14H19FN2O/c1-3-12(17-9-7-16-8-10-17)11-5-4-6-13(18-2)14(11)15/h3-6,12,16H,1,7-10H2,2H3/t12-/m1/s1. The number of methoxy groups -OCH3 is 1. The van der Waals surface area contributed by atoms with Gasteiger partial charge < -0.3 is 10.1 Å². The van der Waals surface area contributed by atoms with Crippen LogP contribution in [0, 0.1) is 5.82 Å². The molecule has 0 aromatic heterocycles. The van der Waals surface area contributed by atoms with Crippen molar-refractivity contribution in [2.75, 3.05) is 33.3 Å². The van der Waals surface area contributed by atoms with Crippen LogP contribution >= 0.6 is 0 Å². The van der Waals surface area contributed by atoms with Crippen molar-refractivity contribution >= 4 is 0 Å². The predicted octanol–water partition coefficient (Wildman–Crippen LogP) is 1.97. The molecule has 1 aliphatic heterocycles. The largest absolute Gasteiger partial charge is 0.494 e. The Labute approximate surface area is 107 Å². The summed E-state index contributed by atoms with van der Waals surface area (Å²) in [5, 5.41) is 3.29. The highest BCUT2D eigenvalue weighted by Crippen LogP contribution is 2.29. The van der Waals surface area contributed by atoms with Gasteiger partial charge in [-0.15, -0.1) is 6.58 Å². The Kier molecular flexibility index (Phi) is 4.33. The van der Waals surface area contributed by atoms with E-state index < -0.39 is 0 Å². The van der Waals surface area contributed by atoms with Crippen molar-refractivity contribution in [1.82, 2.24) is 10.2 Å². The lowest BCUT2D eigenvalue weighted by Gasteiger charge is -2.33. The van der Waals surface area contributed by atoms with E-state index in [9.17, 15) is 4.39 Å². The molecule has 0 aliphatic carbocycles. The second kappa shape index (κ2) is 5.98. The van der Waals surface area contributed by atoms with Crippen LogP contribution in [0.5, 0.6) is 5.75 Å². The Morgan fingerprint density at radius 3 is 2.78 bits per heavy atom. The van der Waals surface area contributed by atoms with Crippen LogP contribution in [0.1, 0.15) is 11.6 Å². The van der Waals surface area contributed by atoms with Gasteiger partial charge in [-0.2, -0.15) is 0 Å². The topological polar surface area (TPSA) is 24.5 Å². The van der Waals surface area contributed by atoms with Gasteiger partial charge in [0.1, 0.15) is 0 Å². The SMILES string of the molecule is C=C[C@H](c1cccc(OC)c1F)N1CCNCC1. The van der Waals surface area contributed by atoms with Gasteiger partial charge in [-0.25, -0.2) is 4.39 Å². The molecule has 1 aromatic carbocycles. The maximum absolute atomic E-state index is 14.2. The minimum Gasteiger partial charge on any atom is -0.494 e. The highest BCUT2D eigenvalue weighted by molar-refractivity contribution is 5.34. The van der Waals surface area contributed by atoms with E-state index in [4.69, 9.17) is 4.74 Å². The Balaban J connectivity index is 2.29. The summed E-state index contributed by atoms with van der Waals surface area (Å²) in [5.74, 6) is -0.00193. The summed E-state index contributed by atoms with van der Waals surface area (Å²) in [6, 6.07) is 5.15. The summed E-state index contributed by atoms with van der Waals surface area (Å²) >= 11 is 0. The molecule has 1 saturated heterocycles. The molecule has 3 nitrogen and oxygen atoms in total.